The minimum atomic E-state index is -0.537. The largest absolute Gasteiger partial charge is 0.471 e. The number of hydrogen-bond acceptors (Lipinski definition) is 7. The number of aromatic nitrogens is 4. The quantitative estimate of drug-likeness (QED) is 0.326. The van der Waals surface area contributed by atoms with Crippen LogP contribution in [-0.2, 0) is 13.3 Å². The zero-order valence-corrected chi connectivity index (χ0v) is 16.6. The molecule has 4 rings (SSSR count). The van der Waals surface area contributed by atoms with Crippen LogP contribution >= 0.6 is 11.6 Å². The highest BCUT2D eigenvalue weighted by Gasteiger charge is 2.14. The van der Waals surface area contributed by atoms with Crippen molar-refractivity contribution in [2.75, 3.05) is 5.32 Å². The third kappa shape index (κ3) is 5.08. The molecule has 3 aromatic heterocycles. The van der Waals surface area contributed by atoms with Crippen LogP contribution in [0.3, 0.4) is 0 Å². The first-order chi connectivity index (χ1) is 15.0. The Morgan fingerprint density at radius 1 is 1.19 bits per heavy atom. The van der Waals surface area contributed by atoms with Gasteiger partial charge in [-0.1, -0.05) is 17.7 Å². The maximum absolute atomic E-state index is 12.4. The lowest BCUT2D eigenvalue weighted by Gasteiger charge is -2.06. The number of nitrogens with one attached hydrogen (secondary N) is 1. The number of nitrogens with zero attached hydrogens (tertiary/aromatic N) is 5. The van der Waals surface area contributed by atoms with Gasteiger partial charge in [0, 0.05) is 5.02 Å². The van der Waals surface area contributed by atoms with E-state index in [1.54, 1.807) is 36.5 Å². The molecule has 0 bridgehead atoms. The van der Waals surface area contributed by atoms with Gasteiger partial charge in [0.2, 0.25) is 0 Å². The summed E-state index contributed by atoms with van der Waals surface area (Å²) in [6.45, 7) is 0.289. The van der Waals surface area contributed by atoms with Crippen molar-refractivity contribution in [3.05, 3.63) is 87.8 Å². The summed E-state index contributed by atoms with van der Waals surface area (Å²) >= 11 is 5.92. The van der Waals surface area contributed by atoms with E-state index in [1.807, 2.05) is 0 Å². The summed E-state index contributed by atoms with van der Waals surface area (Å²) in [4.78, 5) is 22.6. The van der Waals surface area contributed by atoms with Gasteiger partial charge in [-0.15, -0.1) is 0 Å². The van der Waals surface area contributed by atoms with Crippen molar-refractivity contribution in [3.8, 4) is 5.75 Å². The van der Waals surface area contributed by atoms with Gasteiger partial charge in [0.05, 0.1) is 29.5 Å². The van der Waals surface area contributed by atoms with E-state index in [-0.39, 0.29) is 24.7 Å². The van der Waals surface area contributed by atoms with E-state index in [2.05, 4.69) is 15.5 Å². The lowest BCUT2D eigenvalue weighted by molar-refractivity contribution is -0.385. The Hall–Kier alpha value is -4.12. The number of ether oxygens (including phenoxy) is 1. The average Bonchev–Trinajstić information content (AvgIpc) is 3.48. The third-order valence-electron chi connectivity index (χ3n) is 4.08. The Bertz CT molecular complexity index is 1230. The van der Waals surface area contributed by atoms with Crippen LogP contribution in [0.15, 0.2) is 65.6 Å². The van der Waals surface area contributed by atoms with E-state index in [9.17, 15) is 14.9 Å². The number of halogens is 1. The van der Waals surface area contributed by atoms with E-state index >= 15 is 0 Å². The van der Waals surface area contributed by atoms with Crippen molar-refractivity contribution in [3.63, 3.8) is 0 Å². The third-order valence-corrected chi connectivity index (χ3v) is 4.32. The molecule has 1 amide bonds. The number of amides is 1. The summed E-state index contributed by atoms with van der Waals surface area (Å²) in [5, 5.41) is 22.0. The zero-order chi connectivity index (χ0) is 21.8. The van der Waals surface area contributed by atoms with Gasteiger partial charge >= 0.3 is 5.69 Å². The number of carbonyl (C=O) groups excluding carboxylic acids is 1. The molecular formula is C19H15ClN6O5. The molecule has 31 heavy (non-hydrogen) atoms. The first-order valence-electron chi connectivity index (χ1n) is 8.94. The second-order valence-electron chi connectivity index (χ2n) is 6.37. The monoisotopic (exact) mass is 442 g/mol. The summed E-state index contributed by atoms with van der Waals surface area (Å²) in [5.74, 6) is 0.639. The number of nitro groups is 1. The molecule has 0 saturated carbocycles. The van der Waals surface area contributed by atoms with Crippen molar-refractivity contribution in [1.29, 1.82) is 0 Å². The summed E-state index contributed by atoms with van der Waals surface area (Å²) in [5.41, 5.74) is 0.334. The fraction of sp³-hybridized carbons (Fsp3) is 0.105. The molecule has 0 saturated heterocycles. The SMILES string of the molecule is O=C(Nc1cnn(COc2cccc(Cl)c2)c1)c1ccc(Cn2cc([N+](=O)[O-])cn2)o1. The Kier molecular flexibility index (Phi) is 5.67. The summed E-state index contributed by atoms with van der Waals surface area (Å²) in [7, 11) is 0. The molecule has 12 heteroatoms. The van der Waals surface area contributed by atoms with Crippen molar-refractivity contribution < 1.29 is 18.9 Å². The van der Waals surface area contributed by atoms with Crippen LogP contribution in [0.4, 0.5) is 11.4 Å². The molecular weight excluding hydrogens is 428 g/mol. The van der Waals surface area contributed by atoms with Crippen LogP contribution in [-0.4, -0.2) is 30.4 Å². The number of rotatable bonds is 8. The molecule has 158 valence electrons. The smallest absolute Gasteiger partial charge is 0.307 e. The van der Waals surface area contributed by atoms with Crippen molar-refractivity contribution >= 4 is 28.9 Å². The summed E-state index contributed by atoms with van der Waals surface area (Å²) in [6.07, 6.45) is 5.51. The molecule has 0 atom stereocenters. The first-order valence-corrected chi connectivity index (χ1v) is 9.32. The minimum absolute atomic E-state index is 0.0829. The first kappa shape index (κ1) is 20.2. The van der Waals surface area contributed by atoms with Gasteiger partial charge in [-0.3, -0.25) is 19.6 Å². The Morgan fingerprint density at radius 3 is 2.81 bits per heavy atom. The van der Waals surface area contributed by atoms with Crippen molar-refractivity contribution in [2.45, 2.75) is 13.3 Å². The van der Waals surface area contributed by atoms with Gasteiger partial charge in [0.15, 0.2) is 12.5 Å². The van der Waals surface area contributed by atoms with Crippen LogP contribution in [0.2, 0.25) is 5.02 Å². The van der Waals surface area contributed by atoms with E-state index < -0.39 is 10.8 Å². The molecule has 0 unspecified atom stereocenters. The molecule has 0 aliphatic rings. The van der Waals surface area contributed by atoms with Gasteiger partial charge in [0.25, 0.3) is 5.91 Å². The minimum Gasteiger partial charge on any atom is -0.471 e. The lowest BCUT2D eigenvalue weighted by atomic mass is 10.3. The van der Waals surface area contributed by atoms with E-state index in [4.69, 9.17) is 20.8 Å². The number of anilines is 1. The fourth-order valence-electron chi connectivity index (χ4n) is 2.67. The molecule has 0 radical (unpaired) electrons. The molecule has 4 aromatic rings. The van der Waals surface area contributed by atoms with E-state index in [0.717, 1.165) is 6.20 Å². The number of furan rings is 1. The molecule has 0 fully saturated rings. The molecule has 1 aromatic carbocycles. The lowest BCUT2D eigenvalue weighted by Crippen LogP contribution is -2.10. The molecule has 3 heterocycles. The predicted octanol–water partition coefficient (Wildman–Crippen LogP) is 3.57. The van der Waals surface area contributed by atoms with Crippen molar-refractivity contribution in [2.24, 2.45) is 0 Å². The van der Waals surface area contributed by atoms with Gasteiger partial charge in [0.1, 0.15) is 23.9 Å². The standard InChI is InChI=1S/C19H15ClN6O5/c20-13-2-1-3-16(6-13)30-12-25-9-14(7-21-25)23-19(27)18-5-4-17(31-18)11-24-10-15(8-22-24)26(28)29/h1-10H,11-12H2,(H,23,27). The summed E-state index contributed by atoms with van der Waals surface area (Å²) < 4.78 is 14.0. The van der Waals surface area contributed by atoms with E-state index in [0.29, 0.717) is 22.2 Å². The molecule has 0 aliphatic heterocycles. The molecule has 1 N–H and O–H groups in total. The van der Waals surface area contributed by atoms with Crippen LogP contribution in [0, 0.1) is 10.1 Å². The van der Waals surface area contributed by atoms with Crippen molar-refractivity contribution in [1.82, 2.24) is 19.6 Å². The fourth-order valence-corrected chi connectivity index (χ4v) is 2.85. The maximum atomic E-state index is 12.4. The highest BCUT2D eigenvalue weighted by molar-refractivity contribution is 6.30. The second kappa shape index (κ2) is 8.71. The van der Waals surface area contributed by atoms with Crippen LogP contribution in [0.1, 0.15) is 16.3 Å². The normalized spacial score (nSPS) is 10.7. The van der Waals surface area contributed by atoms with Gasteiger partial charge in [-0.2, -0.15) is 10.2 Å². The Morgan fingerprint density at radius 2 is 2.03 bits per heavy atom. The highest BCUT2D eigenvalue weighted by Crippen LogP contribution is 2.18. The second-order valence-corrected chi connectivity index (χ2v) is 6.81. The van der Waals surface area contributed by atoms with Gasteiger partial charge < -0.3 is 14.5 Å². The van der Waals surface area contributed by atoms with Crippen LogP contribution < -0.4 is 10.1 Å². The summed E-state index contributed by atoms with van der Waals surface area (Å²) in [6, 6.07) is 10.1. The van der Waals surface area contributed by atoms with Gasteiger partial charge in [-0.05, 0) is 30.3 Å². The molecule has 0 spiro atoms. The maximum Gasteiger partial charge on any atom is 0.307 e. The Balaban J connectivity index is 1.33. The van der Waals surface area contributed by atoms with Gasteiger partial charge in [-0.25, -0.2) is 4.68 Å². The van der Waals surface area contributed by atoms with Crippen LogP contribution in [0.25, 0.3) is 0 Å². The molecule has 11 nitrogen and oxygen atoms in total. The topological polar surface area (TPSA) is 130 Å². The van der Waals surface area contributed by atoms with E-state index in [1.165, 1.54) is 27.8 Å². The number of benzene rings is 1. The van der Waals surface area contributed by atoms with Crippen LogP contribution in [0.5, 0.6) is 5.75 Å². The zero-order valence-electron chi connectivity index (χ0n) is 15.8. The molecule has 0 aliphatic carbocycles. The Labute approximate surface area is 179 Å². The number of carbonyl (C=O) groups is 1. The highest BCUT2D eigenvalue weighted by atomic mass is 35.5. The number of hydrogen-bond donors (Lipinski definition) is 1. The average molecular weight is 443 g/mol. The predicted molar refractivity (Wildman–Crippen MR) is 109 cm³/mol.